The molecule has 0 aliphatic carbocycles. The molecule has 0 bridgehead atoms. The van der Waals surface area contributed by atoms with Crippen LogP contribution in [-0.4, -0.2) is 13.9 Å². The maximum absolute atomic E-state index is 5.37. The number of benzene rings is 2. The Labute approximate surface area is 96.9 Å². The Hall–Kier alpha value is -1.06. The standard InChI is InChI=1S/C12H11BrO2/c1-14-8-15-10-5-6-11-9(7-10)3-2-4-12(11)13/h2-7H,8H2,1H3. The van der Waals surface area contributed by atoms with Crippen molar-refractivity contribution < 1.29 is 9.47 Å². The molecule has 78 valence electrons. The second kappa shape index (κ2) is 4.64. The fraction of sp³-hybridized carbons (Fsp3) is 0.167. The lowest BCUT2D eigenvalue weighted by molar-refractivity contribution is 0.0512. The largest absolute Gasteiger partial charge is 0.468 e. The minimum absolute atomic E-state index is 0.277. The number of ether oxygens (including phenoxy) is 2. The van der Waals surface area contributed by atoms with Gasteiger partial charge >= 0.3 is 0 Å². The van der Waals surface area contributed by atoms with E-state index in [-0.39, 0.29) is 6.79 Å². The van der Waals surface area contributed by atoms with Crippen LogP contribution in [0, 0.1) is 0 Å². The number of hydrogen-bond acceptors (Lipinski definition) is 2. The third-order valence-corrected chi connectivity index (χ3v) is 2.83. The van der Waals surface area contributed by atoms with Crippen LogP contribution in [0.2, 0.25) is 0 Å². The van der Waals surface area contributed by atoms with Crippen LogP contribution >= 0.6 is 15.9 Å². The minimum atomic E-state index is 0.277. The van der Waals surface area contributed by atoms with Crippen molar-refractivity contribution in [3.05, 3.63) is 40.9 Å². The highest BCUT2D eigenvalue weighted by atomic mass is 79.9. The summed E-state index contributed by atoms with van der Waals surface area (Å²) in [5.74, 6) is 0.822. The van der Waals surface area contributed by atoms with Gasteiger partial charge in [-0.2, -0.15) is 0 Å². The average molecular weight is 267 g/mol. The highest BCUT2D eigenvalue weighted by Crippen LogP contribution is 2.27. The predicted octanol–water partition coefficient (Wildman–Crippen LogP) is 3.59. The van der Waals surface area contributed by atoms with Gasteiger partial charge in [0.2, 0.25) is 0 Å². The van der Waals surface area contributed by atoms with E-state index in [0.717, 1.165) is 15.6 Å². The molecule has 0 aliphatic rings. The first-order valence-electron chi connectivity index (χ1n) is 4.61. The van der Waals surface area contributed by atoms with Crippen molar-refractivity contribution >= 4 is 26.7 Å². The number of hydrogen-bond donors (Lipinski definition) is 0. The zero-order valence-corrected chi connectivity index (χ0v) is 9.95. The lowest BCUT2D eigenvalue weighted by atomic mass is 10.1. The summed E-state index contributed by atoms with van der Waals surface area (Å²) >= 11 is 3.51. The quantitative estimate of drug-likeness (QED) is 0.791. The van der Waals surface area contributed by atoms with Gasteiger partial charge in [-0.1, -0.05) is 28.1 Å². The molecule has 2 aromatic rings. The molecule has 0 fully saturated rings. The van der Waals surface area contributed by atoms with Crippen molar-refractivity contribution in [1.29, 1.82) is 0 Å². The summed E-state index contributed by atoms with van der Waals surface area (Å²) in [6, 6.07) is 12.1. The van der Waals surface area contributed by atoms with E-state index < -0.39 is 0 Å². The van der Waals surface area contributed by atoms with Crippen LogP contribution in [0.4, 0.5) is 0 Å². The van der Waals surface area contributed by atoms with E-state index in [0.29, 0.717) is 0 Å². The molecule has 2 rings (SSSR count). The van der Waals surface area contributed by atoms with E-state index in [1.165, 1.54) is 5.39 Å². The molecule has 0 amide bonds. The maximum Gasteiger partial charge on any atom is 0.188 e. The van der Waals surface area contributed by atoms with Crippen molar-refractivity contribution in [3.63, 3.8) is 0 Å². The summed E-state index contributed by atoms with van der Waals surface area (Å²) in [7, 11) is 1.61. The molecule has 0 saturated carbocycles. The van der Waals surface area contributed by atoms with Gasteiger partial charge < -0.3 is 9.47 Å². The molecular formula is C12H11BrO2. The van der Waals surface area contributed by atoms with Crippen LogP contribution < -0.4 is 4.74 Å². The van der Waals surface area contributed by atoms with E-state index in [1.807, 2.05) is 30.3 Å². The van der Waals surface area contributed by atoms with E-state index in [4.69, 9.17) is 9.47 Å². The zero-order chi connectivity index (χ0) is 10.7. The zero-order valence-electron chi connectivity index (χ0n) is 8.37. The number of fused-ring (bicyclic) bond motifs is 1. The summed E-state index contributed by atoms with van der Waals surface area (Å²) < 4.78 is 11.3. The minimum Gasteiger partial charge on any atom is -0.468 e. The van der Waals surface area contributed by atoms with Crippen LogP contribution in [0.5, 0.6) is 5.75 Å². The normalized spacial score (nSPS) is 10.5. The second-order valence-corrected chi connectivity index (χ2v) is 4.03. The first-order valence-corrected chi connectivity index (χ1v) is 5.40. The highest BCUT2D eigenvalue weighted by Gasteiger charge is 1.99. The third kappa shape index (κ3) is 2.30. The van der Waals surface area contributed by atoms with Crippen LogP contribution in [-0.2, 0) is 4.74 Å². The molecule has 0 aliphatic heterocycles. The van der Waals surface area contributed by atoms with Gasteiger partial charge in [-0.15, -0.1) is 0 Å². The molecule has 0 saturated heterocycles. The summed E-state index contributed by atoms with van der Waals surface area (Å²) in [5.41, 5.74) is 0. The van der Waals surface area contributed by atoms with Gasteiger partial charge in [0.15, 0.2) is 6.79 Å². The number of rotatable bonds is 3. The van der Waals surface area contributed by atoms with Crippen LogP contribution in [0.15, 0.2) is 40.9 Å². The van der Waals surface area contributed by atoms with Crippen LogP contribution in [0.3, 0.4) is 0 Å². The Morgan fingerprint density at radius 1 is 1.20 bits per heavy atom. The fourth-order valence-corrected chi connectivity index (χ4v) is 1.95. The first-order chi connectivity index (χ1) is 7.31. The van der Waals surface area contributed by atoms with Gasteiger partial charge in [0.05, 0.1) is 0 Å². The maximum atomic E-state index is 5.37. The summed E-state index contributed by atoms with van der Waals surface area (Å²) in [4.78, 5) is 0. The second-order valence-electron chi connectivity index (χ2n) is 3.17. The lowest BCUT2D eigenvalue weighted by Crippen LogP contribution is -1.98. The summed E-state index contributed by atoms with van der Waals surface area (Å²) in [6.07, 6.45) is 0. The Bertz CT molecular complexity index is 468. The summed E-state index contributed by atoms with van der Waals surface area (Å²) in [5, 5.41) is 2.33. The molecule has 0 radical (unpaired) electrons. The van der Waals surface area contributed by atoms with Crippen molar-refractivity contribution in [1.82, 2.24) is 0 Å². The Kier molecular flexibility index (Phi) is 3.23. The van der Waals surface area contributed by atoms with Gasteiger partial charge in [0.1, 0.15) is 5.75 Å². The van der Waals surface area contributed by atoms with E-state index >= 15 is 0 Å². The molecule has 0 atom stereocenters. The van der Waals surface area contributed by atoms with Crippen LogP contribution in [0.1, 0.15) is 0 Å². The van der Waals surface area contributed by atoms with Gasteiger partial charge in [-0.25, -0.2) is 0 Å². The number of halogens is 1. The van der Waals surface area contributed by atoms with Gasteiger partial charge in [0.25, 0.3) is 0 Å². The first kappa shape index (κ1) is 10.5. The van der Waals surface area contributed by atoms with Gasteiger partial charge in [0, 0.05) is 11.6 Å². The van der Waals surface area contributed by atoms with E-state index in [1.54, 1.807) is 7.11 Å². The van der Waals surface area contributed by atoms with Crippen molar-refractivity contribution in [2.75, 3.05) is 13.9 Å². The fourth-order valence-electron chi connectivity index (χ4n) is 1.44. The molecule has 0 spiro atoms. The average Bonchev–Trinajstić information content (AvgIpc) is 2.26. The molecule has 3 heteroatoms. The molecule has 2 nitrogen and oxygen atoms in total. The SMILES string of the molecule is COCOc1ccc2c(Br)cccc2c1. The Balaban J connectivity index is 2.39. The monoisotopic (exact) mass is 266 g/mol. The number of methoxy groups -OCH3 is 1. The van der Waals surface area contributed by atoms with Crippen molar-refractivity contribution in [2.45, 2.75) is 0 Å². The molecule has 15 heavy (non-hydrogen) atoms. The smallest absolute Gasteiger partial charge is 0.188 e. The van der Waals surface area contributed by atoms with Gasteiger partial charge in [-0.05, 0) is 35.0 Å². The highest BCUT2D eigenvalue weighted by molar-refractivity contribution is 9.10. The van der Waals surface area contributed by atoms with Crippen molar-refractivity contribution in [2.24, 2.45) is 0 Å². The molecular weight excluding hydrogens is 256 g/mol. The van der Waals surface area contributed by atoms with Crippen LogP contribution in [0.25, 0.3) is 10.8 Å². The Morgan fingerprint density at radius 2 is 2.07 bits per heavy atom. The molecule has 0 unspecified atom stereocenters. The van der Waals surface area contributed by atoms with E-state index in [2.05, 4.69) is 22.0 Å². The molecule has 0 aromatic heterocycles. The molecule has 2 aromatic carbocycles. The predicted molar refractivity (Wildman–Crippen MR) is 64.2 cm³/mol. The third-order valence-electron chi connectivity index (χ3n) is 2.14. The lowest BCUT2D eigenvalue weighted by Gasteiger charge is -2.06. The molecule has 0 N–H and O–H groups in total. The summed E-state index contributed by atoms with van der Waals surface area (Å²) in [6.45, 7) is 0.277. The van der Waals surface area contributed by atoms with Crippen molar-refractivity contribution in [3.8, 4) is 5.75 Å². The molecule has 0 heterocycles. The van der Waals surface area contributed by atoms with E-state index in [9.17, 15) is 0 Å². The Morgan fingerprint density at radius 3 is 2.87 bits per heavy atom. The van der Waals surface area contributed by atoms with Gasteiger partial charge in [-0.3, -0.25) is 0 Å². The topological polar surface area (TPSA) is 18.5 Å².